The summed E-state index contributed by atoms with van der Waals surface area (Å²) in [6.45, 7) is 2.49. The lowest BCUT2D eigenvalue weighted by Crippen LogP contribution is -2.08. The van der Waals surface area contributed by atoms with Gasteiger partial charge in [0.05, 0.1) is 14.2 Å². The summed E-state index contributed by atoms with van der Waals surface area (Å²) in [5.41, 5.74) is 7.26. The van der Waals surface area contributed by atoms with Crippen molar-refractivity contribution < 1.29 is 9.47 Å². The van der Waals surface area contributed by atoms with Crippen LogP contribution in [0.5, 0.6) is 11.5 Å². The highest BCUT2D eigenvalue weighted by atomic mass is 35.5. The van der Waals surface area contributed by atoms with E-state index in [4.69, 9.17) is 26.8 Å². The molecule has 2 aromatic rings. The topological polar surface area (TPSA) is 82.3 Å². The van der Waals surface area contributed by atoms with Crippen LogP contribution < -0.4 is 20.5 Å². The summed E-state index contributed by atoms with van der Waals surface area (Å²) in [4.78, 5) is 8.47. The molecule has 0 aliphatic heterocycles. The van der Waals surface area contributed by atoms with Gasteiger partial charge in [-0.25, -0.2) is 9.97 Å². The monoisotopic (exact) mass is 322 g/mol. The number of hydrogen-bond donors (Lipinski definition) is 2. The maximum absolute atomic E-state index is 6.01. The van der Waals surface area contributed by atoms with Crippen LogP contribution in [0.4, 0.5) is 11.5 Å². The third-order valence-corrected chi connectivity index (χ3v) is 3.46. The van der Waals surface area contributed by atoms with Gasteiger partial charge in [0.25, 0.3) is 0 Å². The van der Waals surface area contributed by atoms with E-state index in [1.807, 2.05) is 25.1 Å². The zero-order valence-electron chi connectivity index (χ0n) is 12.8. The molecule has 0 atom stereocenters. The van der Waals surface area contributed by atoms with Crippen LogP contribution in [0.3, 0.4) is 0 Å². The molecule has 0 saturated carbocycles. The summed E-state index contributed by atoms with van der Waals surface area (Å²) in [7, 11) is 3.20. The zero-order valence-corrected chi connectivity index (χ0v) is 13.6. The predicted octanol–water partition coefficient (Wildman–Crippen LogP) is 2.90. The van der Waals surface area contributed by atoms with Crippen LogP contribution in [-0.2, 0) is 13.0 Å². The molecule has 0 radical (unpaired) electrons. The lowest BCUT2D eigenvalue weighted by atomic mass is 10.2. The van der Waals surface area contributed by atoms with Gasteiger partial charge in [0, 0.05) is 13.0 Å². The van der Waals surface area contributed by atoms with E-state index in [2.05, 4.69) is 15.3 Å². The first kappa shape index (κ1) is 16.2. The Labute approximate surface area is 134 Å². The number of nitrogens with one attached hydrogen (secondary N) is 1. The van der Waals surface area contributed by atoms with Crippen molar-refractivity contribution in [2.24, 2.45) is 0 Å². The van der Waals surface area contributed by atoms with Crippen LogP contribution in [0.15, 0.2) is 18.2 Å². The molecule has 1 aromatic heterocycles. The number of nitrogens with two attached hydrogens (primary N) is 1. The van der Waals surface area contributed by atoms with Crippen LogP contribution in [0.1, 0.15) is 18.3 Å². The Balaban J connectivity index is 2.18. The normalized spacial score (nSPS) is 10.4. The van der Waals surface area contributed by atoms with Gasteiger partial charge in [0.2, 0.25) is 0 Å². The Morgan fingerprint density at radius 2 is 1.91 bits per heavy atom. The molecule has 3 N–H and O–H groups in total. The number of halogens is 1. The second-order valence-corrected chi connectivity index (χ2v) is 4.95. The van der Waals surface area contributed by atoms with Crippen molar-refractivity contribution in [3.63, 3.8) is 0 Å². The molecule has 6 nitrogen and oxygen atoms in total. The molecule has 0 saturated heterocycles. The molecule has 0 amide bonds. The molecule has 0 aliphatic carbocycles. The van der Waals surface area contributed by atoms with E-state index < -0.39 is 0 Å². The minimum Gasteiger partial charge on any atom is -0.493 e. The highest BCUT2D eigenvalue weighted by molar-refractivity contribution is 6.32. The number of benzene rings is 1. The number of rotatable bonds is 6. The second-order valence-electron chi connectivity index (χ2n) is 4.59. The van der Waals surface area contributed by atoms with Gasteiger partial charge >= 0.3 is 0 Å². The highest BCUT2D eigenvalue weighted by Gasteiger charge is 2.10. The standard InChI is InChI=1S/C15H19ClN4O2/c1-4-12-19-14(16)13(17)15(20-12)18-8-9-5-6-10(21-2)11(7-9)22-3/h5-7H,4,8,17H2,1-3H3,(H,18,19,20). The third-order valence-electron chi connectivity index (χ3n) is 3.17. The van der Waals surface area contributed by atoms with E-state index in [1.54, 1.807) is 14.2 Å². The summed E-state index contributed by atoms with van der Waals surface area (Å²) < 4.78 is 10.5. The Morgan fingerprint density at radius 1 is 1.18 bits per heavy atom. The second kappa shape index (κ2) is 7.17. The quantitative estimate of drug-likeness (QED) is 0.796. The molecular formula is C15H19ClN4O2. The van der Waals surface area contributed by atoms with E-state index in [-0.39, 0.29) is 5.15 Å². The van der Waals surface area contributed by atoms with Gasteiger partial charge in [-0.2, -0.15) is 0 Å². The minimum absolute atomic E-state index is 0.265. The molecule has 0 aliphatic rings. The van der Waals surface area contributed by atoms with Gasteiger partial charge in [-0.05, 0) is 17.7 Å². The van der Waals surface area contributed by atoms with Crippen molar-refractivity contribution >= 4 is 23.1 Å². The van der Waals surface area contributed by atoms with E-state index in [9.17, 15) is 0 Å². The van der Waals surface area contributed by atoms with Crippen LogP contribution >= 0.6 is 11.6 Å². The lowest BCUT2D eigenvalue weighted by molar-refractivity contribution is 0.354. The summed E-state index contributed by atoms with van der Waals surface area (Å²) in [6, 6.07) is 5.68. The van der Waals surface area contributed by atoms with Crippen LogP contribution in [0.25, 0.3) is 0 Å². The first-order valence-corrected chi connectivity index (χ1v) is 7.23. The summed E-state index contributed by atoms with van der Waals surface area (Å²) >= 11 is 6.01. The van der Waals surface area contributed by atoms with Crippen LogP contribution in [0, 0.1) is 0 Å². The Bertz CT molecular complexity index is 664. The van der Waals surface area contributed by atoms with E-state index in [1.165, 1.54) is 0 Å². The molecule has 0 unspecified atom stereocenters. The van der Waals surface area contributed by atoms with Gasteiger partial charge in [0.1, 0.15) is 11.5 Å². The number of ether oxygens (including phenoxy) is 2. The van der Waals surface area contributed by atoms with Gasteiger partial charge in [0.15, 0.2) is 22.5 Å². The summed E-state index contributed by atoms with van der Waals surface area (Å²) in [5.74, 6) is 2.54. The van der Waals surface area contributed by atoms with Crippen LogP contribution in [0.2, 0.25) is 5.15 Å². The molecule has 0 bridgehead atoms. The molecule has 1 heterocycles. The number of hydrogen-bond acceptors (Lipinski definition) is 6. The van der Waals surface area contributed by atoms with Crippen molar-refractivity contribution in [2.45, 2.75) is 19.9 Å². The molecule has 0 fully saturated rings. The minimum atomic E-state index is 0.265. The highest BCUT2D eigenvalue weighted by Crippen LogP contribution is 2.29. The van der Waals surface area contributed by atoms with Gasteiger partial charge in [-0.15, -0.1) is 0 Å². The van der Waals surface area contributed by atoms with Gasteiger partial charge < -0.3 is 20.5 Å². The maximum Gasteiger partial charge on any atom is 0.161 e. The van der Waals surface area contributed by atoms with Crippen molar-refractivity contribution in [1.29, 1.82) is 0 Å². The third kappa shape index (κ3) is 3.51. The first-order valence-electron chi connectivity index (χ1n) is 6.85. The molecule has 1 aromatic carbocycles. The average molecular weight is 323 g/mol. The molecule has 0 spiro atoms. The SMILES string of the molecule is CCc1nc(Cl)c(N)c(NCc2ccc(OC)c(OC)c2)n1. The zero-order chi connectivity index (χ0) is 16.1. The number of methoxy groups -OCH3 is 2. The summed E-state index contributed by atoms with van der Waals surface area (Å²) in [6.07, 6.45) is 0.686. The number of nitrogens with zero attached hydrogens (tertiary/aromatic N) is 2. The Kier molecular flexibility index (Phi) is 5.27. The van der Waals surface area contributed by atoms with Crippen molar-refractivity contribution in [3.05, 3.63) is 34.7 Å². The number of nitrogen functional groups attached to an aromatic ring is 1. The largest absolute Gasteiger partial charge is 0.493 e. The van der Waals surface area contributed by atoms with Gasteiger partial charge in [-0.1, -0.05) is 24.6 Å². The molecule has 118 valence electrons. The molecule has 22 heavy (non-hydrogen) atoms. The van der Waals surface area contributed by atoms with E-state index >= 15 is 0 Å². The van der Waals surface area contributed by atoms with Crippen molar-refractivity contribution in [1.82, 2.24) is 9.97 Å². The van der Waals surface area contributed by atoms with Crippen LogP contribution in [-0.4, -0.2) is 24.2 Å². The van der Waals surface area contributed by atoms with E-state index in [0.717, 1.165) is 5.56 Å². The average Bonchev–Trinajstić information content (AvgIpc) is 2.55. The maximum atomic E-state index is 6.01. The number of anilines is 2. The molecular weight excluding hydrogens is 304 g/mol. The smallest absolute Gasteiger partial charge is 0.161 e. The van der Waals surface area contributed by atoms with Crippen molar-refractivity contribution in [3.8, 4) is 11.5 Å². The van der Waals surface area contributed by atoms with Gasteiger partial charge in [-0.3, -0.25) is 0 Å². The Hall–Kier alpha value is -2.21. The molecule has 7 heteroatoms. The number of aromatic nitrogens is 2. The van der Waals surface area contributed by atoms with Crippen molar-refractivity contribution in [2.75, 3.05) is 25.3 Å². The fraction of sp³-hybridized carbons (Fsp3) is 0.333. The predicted molar refractivity (Wildman–Crippen MR) is 87.7 cm³/mol. The fourth-order valence-electron chi connectivity index (χ4n) is 1.95. The summed E-state index contributed by atoms with van der Waals surface area (Å²) in [5, 5.41) is 3.44. The Morgan fingerprint density at radius 3 is 2.55 bits per heavy atom. The first-order chi connectivity index (χ1) is 10.6. The lowest BCUT2D eigenvalue weighted by Gasteiger charge is -2.12. The van der Waals surface area contributed by atoms with E-state index in [0.29, 0.717) is 41.8 Å². The fourth-order valence-corrected chi connectivity index (χ4v) is 2.14. The number of aryl methyl sites for hydroxylation is 1. The molecule has 2 rings (SSSR count).